The summed E-state index contributed by atoms with van der Waals surface area (Å²) in [5, 5.41) is 0.949. The molecule has 1 aromatic carbocycles. The number of anilines is 1. The first kappa shape index (κ1) is 15.5. The maximum atomic E-state index is 12.9. The van der Waals surface area contributed by atoms with Crippen LogP contribution in [0.2, 0.25) is 0 Å². The zero-order valence-electron chi connectivity index (χ0n) is 11.6. The number of thioether (sulfide) groups is 1. The monoisotopic (exact) mass is 304 g/mol. The van der Waals surface area contributed by atoms with E-state index >= 15 is 0 Å². The number of nitrogens with zero attached hydrogens (tertiary/aromatic N) is 1. The van der Waals surface area contributed by atoms with E-state index in [1.807, 2.05) is 11.8 Å². The Morgan fingerprint density at radius 1 is 1.25 bits per heavy atom. The molecule has 1 aromatic rings. The zero-order valence-corrected chi connectivity index (χ0v) is 12.4. The highest BCUT2D eigenvalue weighted by Gasteiger charge is 2.33. The molecule has 0 spiro atoms. The van der Waals surface area contributed by atoms with Gasteiger partial charge in [-0.3, -0.25) is 0 Å². The lowest BCUT2D eigenvalue weighted by atomic mass is 10.1. The van der Waals surface area contributed by atoms with Crippen LogP contribution in [-0.2, 0) is 12.7 Å². The fourth-order valence-corrected chi connectivity index (χ4v) is 3.94. The zero-order chi connectivity index (χ0) is 14.9. The molecule has 2 nitrogen and oxygen atoms in total. The summed E-state index contributed by atoms with van der Waals surface area (Å²) in [4.78, 5) is 2.14. The maximum Gasteiger partial charge on any atom is 0.416 e. The highest BCUT2D eigenvalue weighted by molar-refractivity contribution is 8.00. The summed E-state index contributed by atoms with van der Waals surface area (Å²) in [5.74, 6) is 0. The molecule has 2 rings (SSSR count). The van der Waals surface area contributed by atoms with Crippen LogP contribution in [0.1, 0.15) is 25.0 Å². The summed E-state index contributed by atoms with van der Waals surface area (Å²) in [6.45, 7) is 5.88. The van der Waals surface area contributed by atoms with Crippen LogP contribution in [0, 0.1) is 0 Å². The van der Waals surface area contributed by atoms with Crippen molar-refractivity contribution in [3.63, 3.8) is 0 Å². The summed E-state index contributed by atoms with van der Waals surface area (Å²) >= 11 is 1.91. The summed E-state index contributed by atoms with van der Waals surface area (Å²) < 4.78 is 38.6. The molecule has 112 valence electrons. The van der Waals surface area contributed by atoms with E-state index in [1.54, 1.807) is 12.1 Å². The molecule has 6 heteroatoms. The Morgan fingerprint density at radius 3 is 2.35 bits per heavy atom. The first-order chi connectivity index (χ1) is 9.31. The van der Waals surface area contributed by atoms with Crippen LogP contribution in [-0.4, -0.2) is 23.6 Å². The van der Waals surface area contributed by atoms with Crippen LogP contribution in [0.15, 0.2) is 18.2 Å². The highest BCUT2D eigenvalue weighted by Crippen LogP contribution is 2.35. The minimum atomic E-state index is -4.34. The van der Waals surface area contributed by atoms with Gasteiger partial charge >= 0.3 is 6.18 Å². The van der Waals surface area contributed by atoms with E-state index in [0.29, 0.717) is 10.5 Å². The second-order valence-electron chi connectivity index (χ2n) is 5.21. The Bertz CT molecular complexity index is 466. The number of halogens is 3. The molecule has 1 aliphatic rings. The Hall–Kier alpha value is -0.880. The molecule has 0 aliphatic carbocycles. The van der Waals surface area contributed by atoms with Crippen LogP contribution < -0.4 is 10.6 Å². The SMILES string of the molecule is CC1CN(c2ccc(C(F)(F)F)c(CN)c2)CC(C)S1. The topological polar surface area (TPSA) is 29.3 Å². The summed E-state index contributed by atoms with van der Waals surface area (Å²) in [5.41, 5.74) is 5.84. The van der Waals surface area contributed by atoms with Crippen molar-refractivity contribution in [2.45, 2.75) is 37.1 Å². The Balaban J connectivity index is 2.30. The van der Waals surface area contributed by atoms with Crippen LogP contribution >= 0.6 is 11.8 Å². The van der Waals surface area contributed by atoms with Crippen LogP contribution in [0.4, 0.5) is 18.9 Å². The van der Waals surface area contributed by atoms with Crippen molar-refractivity contribution < 1.29 is 13.2 Å². The van der Waals surface area contributed by atoms with Gasteiger partial charge in [0.25, 0.3) is 0 Å². The van der Waals surface area contributed by atoms with Gasteiger partial charge in [0.05, 0.1) is 5.56 Å². The number of rotatable bonds is 2. The van der Waals surface area contributed by atoms with Crippen molar-refractivity contribution in [2.75, 3.05) is 18.0 Å². The molecular formula is C14H19F3N2S. The molecular weight excluding hydrogens is 285 g/mol. The van der Waals surface area contributed by atoms with E-state index in [1.165, 1.54) is 0 Å². The second kappa shape index (κ2) is 5.85. The molecule has 20 heavy (non-hydrogen) atoms. The highest BCUT2D eigenvalue weighted by atomic mass is 32.2. The first-order valence-electron chi connectivity index (χ1n) is 6.62. The molecule has 0 radical (unpaired) electrons. The standard InChI is InChI=1S/C14H19F3N2S/c1-9-7-19(8-10(2)20-9)12-3-4-13(14(15,16)17)11(5-12)6-18/h3-5,9-10H,6-8,18H2,1-2H3. The van der Waals surface area contributed by atoms with Gasteiger partial charge in [-0.15, -0.1) is 0 Å². The van der Waals surface area contributed by atoms with Crippen molar-refractivity contribution >= 4 is 17.4 Å². The minimum absolute atomic E-state index is 0.101. The molecule has 1 aliphatic heterocycles. The van der Waals surface area contributed by atoms with Crippen LogP contribution in [0.5, 0.6) is 0 Å². The number of hydrogen-bond acceptors (Lipinski definition) is 3. The van der Waals surface area contributed by atoms with Crippen molar-refractivity contribution in [3.05, 3.63) is 29.3 Å². The smallest absolute Gasteiger partial charge is 0.369 e. The van der Waals surface area contributed by atoms with Crippen molar-refractivity contribution in [1.29, 1.82) is 0 Å². The lowest BCUT2D eigenvalue weighted by molar-refractivity contribution is -0.138. The quantitative estimate of drug-likeness (QED) is 0.907. The summed E-state index contributed by atoms with van der Waals surface area (Å²) in [6, 6.07) is 4.28. The number of alkyl halides is 3. The molecule has 0 aromatic heterocycles. The Kier molecular flexibility index (Phi) is 4.54. The summed E-state index contributed by atoms with van der Waals surface area (Å²) in [6.07, 6.45) is -4.34. The van der Waals surface area contributed by atoms with Gasteiger partial charge in [0, 0.05) is 35.8 Å². The second-order valence-corrected chi connectivity index (χ2v) is 7.09. The fourth-order valence-electron chi connectivity index (χ4n) is 2.61. The molecule has 1 saturated heterocycles. The fraction of sp³-hybridized carbons (Fsp3) is 0.571. The van der Waals surface area contributed by atoms with E-state index < -0.39 is 11.7 Å². The average molecular weight is 304 g/mol. The minimum Gasteiger partial charge on any atom is -0.369 e. The van der Waals surface area contributed by atoms with Gasteiger partial charge in [-0.2, -0.15) is 24.9 Å². The van der Waals surface area contributed by atoms with Gasteiger partial charge in [-0.1, -0.05) is 13.8 Å². The van der Waals surface area contributed by atoms with Gasteiger partial charge in [-0.05, 0) is 23.8 Å². The third-order valence-electron chi connectivity index (χ3n) is 3.40. The molecule has 0 amide bonds. The lowest BCUT2D eigenvalue weighted by Gasteiger charge is -2.36. The maximum absolute atomic E-state index is 12.9. The molecule has 1 fully saturated rings. The Morgan fingerprint density at radius 2 is 1.85 bits per heavy atom. The van der Waals surface area contributed by atoms with E-state index in [9.17, 15) is 13.2 Å². The van der Waals surface area contributed by atoms with E-state index in [4.69, 9.17) is 5.73 Å². The van der Waals surface area contributed by atoms with Crippen molar-refractivity contribution in [2.24, 2.45) is 5.73 Å². The summed E-state index contributed by atoms with van der Waals surface area (Å²) in [7, 11) is 0. The predicted octanol–water partition coefficient (Wildman–Crippen LogP) is 3.49. The van der Waals surface area contributed by atoms with Gasteiger partial charge in [0.15, 0.2) is 0 Å². The van der Waals surface area contributed by atoms with Crippen LogP contribution in [0.25, 0.3) is 0 Å². The van der Waals surface area contributed by atoms with E-state index in [0.717, 1.165) is 24.8 Å². The molecule has 0 saturated carbocycles. The molecule has 2 unspecified atom stereocenters. The molecule has 2 N–H and O–H groups in total. The van der Waals surface area contributed by atoms with Gasteiger partial charge in [0.1, 0.15) is 0 Å². The number of benzene rings is 1. The first-order valence-corrected chi connectivity index (χ1v) is 7.56. The van der Waals surface area contributed by atoms with Gasteiger partial charge < -0.3 is 10.6 Å². The third kappa shape index (κ3) is 3.41. The molecule has 1 heterocycles. The molecule has 0 bridgehead atoms. The Labute approximate surface area is 121 Å². The molecule has 2 atom stereocenters. The van der Waals surface area contributed by atoms with E-state index in [-0.39, 0.29) is 12.1 Å². The lowest BCUT2D eigenvalue weighted by Crippen LogP contribution is -2.40. The van der Waals surface area contributed by atoms with E-state index in [2.05, 4.69) is 18.7 Å². The van der Waals surface area contributed by atoms with Crippen LogP contribution in [0.3, 0.4) is 0 Å². The van der Waals surface area contributed by atoms with Crippen molar-refractivity contribution in [1.82, 2.24) is 0 Å². The van der Waals surface area contributed by atoms with Crippen molar-refractivity contribution in [3.8, 4) is 0 Å². The number of hydrogen-bond donors (Lipinski definition) is 1. The van der Waals surface area contributed by atoms with Gasteiger partial charge in [-0.25, -0.2) is 0 Å². The largest absolute Gasteiger partial charge is 0.416 e. The predicted molar refractivity (Wildman–Crippen MR) is 78.1 cm³/mol. The van der Waals surface area contributed by atoms with Gasteiger partial charge in [0.2, 0.25) is 0 Å². The average Bonchev–Trinajstić information content (AvgIpc) is 2.35. The normalized spacial score (nSPS) is 24.0. The third-order valence-corrected chi connectivity index (χ3v) is 4.63. The number of nitrogens with two attached hydrogens (primary N) is 1.